The van der Waals surface area contributed by atoms with Crippen LogP contribution in [0.5, 0.6) is 11.5 Å². The van der Waals surface area contributed by atoms with Crippen molar-refractivity contribution >= 4 is 61.7 Å². The number of pyridine rings is 1. The molecule has 0 bridgehead atoms. The fraction of sp³-hybridized carbons (Fsp3) is 0.191. The van der Waals surface area contributed by atoms with Crippen LogP contribution in [0.1, 0.15) is 167 Å². The average molecular weight is 1490 g/mol. The fourth-order valence-electron chi connectivity index (χ4n) is 12.2. The van der Waals surface area contributed by atoms with Crippen LogP contribution >= 0.6 is 0 Å². The number of hydrogen-bond donors (Lipinski definition) is 0. The van der Waals surface area contributed by atoms with Crippen molar-refractivity contribution in [1.29, 1.82) is 0 Å². The Morgan fingerprint density at radius 2 is 1.18 bits per heavy atom. The first kappa shape index (κ1) is 31.6. The molecule has 0 atom stereocenters. The van der Waals surface area contributed by atoms with Gasteiger partial charge < -0.3 is 13.9 Å². The summed E-state index contributed by atoms with van der Waals surface area (Å²) < 4.78 is 411. The minimum Gasteiger partial charge on any atom is -0.510 e. The molecule has 3 heterocycles. The number of para-hydroxylation sites is 1. The zero-order chi connectivity index (χ0) is 102. The summed E-state index contributed by atoms with van der Waals surface area (Å²) in [6, 6.07) is 7.98. The van der Waals surface area contributed by atoms with Gasteiger partial charge >= 0.3 is 0 Å². The molecular formula is C89H80N4OPtSi-2. The number of ether oxygens (including phenoxy) is 1. The summed E-state index contributed by atoms with van der Waals surface area (Å²) in [6.45, 7) is -11.2. The molecule has 0 saturated carbocycles. The molecule has 15 rings (SSSR count). The fourth-order valence-corrected chi connectivity index (χ4v) is 16.2. The van der Waals surface area contributed by atoms with E-state index >= 15 is 0 Å². The van der Waals surface area contributed by atoms with Gasteiger partial charge in [0, 0.05) is 75.9 Å². The summed E-state index contributed by atoms with van der Waals surface area (Å²) in [5, 5.41) is -3.30. The van der Waals surface area contributed by atoms with E-state index in [4.69, 9.17) is 19.8 Å². The monoisotopic (exact) mass is 1490 g/mol. The number of benzene rings is 11. The summed E-state index contributed by atoms with van der Waals surface area (Å²) in [5.41, 5.74) is -18.3. The van der Waals surface area contributed by atoms with Crippen molar-refractivity contribution in [2.75, 3.05) is 0 Å². The number of fused-ring (bicyclic) bond motifs is 5. The number of aromatic nitrogens is 4. The number of imidazole rings is 1. The largest absolute Gasteiger partial charge is 0.510 e. The van der Waals surface area contributed by atoms with Crippen LogP contribution < -0.4 is 30.1 Å². The number of rotatable bonds is 12. The van der Waals surface area contributed by atoms with Crippen LogP contribution in [0.3, 0.4) is 0 Å². The average Bonchev–Trinajstić information content (AvgIpc) is 1.05. The normalized spacial score (nSPS) is 21.8. The predicted molar refractivity (Wildman–Crippen MR) is 397 cm³/mol. The SMILES string of the molecule is [2H]c1c([2H])c([2H])c(-c2cnc(-n3c4[c-]c(Oc5[c-]c(-n6[c-][n+](-c7c(-c8c([2H])c([2H])c9c(c8[2H])C(C([2H])([2H])[2H])(C([2H])([2H])[2H])C([2H])([2H])C([2H])([2H])C9(C([2H])([2H])[2H])C([2H])([2H])[2H])cc(C(C)(C)C)cc7[Si](c7c([2H])c([2H])c([2H])c([2H])c7[2H])(c7c([2H])c([2H])c([2H])c([2H])c7[2H])c7c([2H])c([2H])c([2H])c([2H])c7[2H])c7ccc(-c8ccc(C(C)(C)C)cc8)cc76)ccc5)ccc4c4ccccc43)cc2C([2H])([2H])[2H])c([2H])c1[2H].[Pt]. The van der Waals surface area contributed by atoms with Crippen molar-refractivity contribution in [3.8, 4) is 62.1 Å². The summed E-state index contributed by atoms with van der Waals surface area (Å²) >= 11 is 0. The van der Waals surface area contributed by atoms with Gasteiger partial charge in [0.2, 0.25) is 0 Å². The van der Waals surface area contributed by atoms with Gasteiger partial charge in [0.05, 0.1) is 48.2 Å². The van der Waals surface area contributed by atoms with E-state index in [0.717, 1.165) is 28.5 Å². The van der Waals surface area contributed by atoms with Crippen molar-refractivity contribution in [3.63, 3.8) is 0 Å². The van der Waals surface area contributed by atoms with Gasteiger partial charge in [0.1, 0.15) is 5.82 Å². The van der Waals surface area contributed by atoms with Crippen molar-refractivity contribution < 1.29 is 87.9 Å². The van der Waals surface area contributed by atoms with Gasteiger partial charge in [-0.1, -0.05) is 280 Å². The second-order valence-corrected chi connectivity index (χ2v) is 28.5. The summed E-state index contributed by atoms with van der Waals surface area (Å²) in [6.07, 6.45) is -5.45. The van der Waals surface area contributed by atoms with Crippen LogP contribution in [0, 0.1) is 25.3 Å². The quantitative estimate of drug-likeness (QED) is 0.0529. The van der Waals surface area contributed by atoms with E-state index in [0.29, 0.717) is 27.4 Å². The molecule has 5 nitrogen and oxygen atoms in total. The minimum atomic E-state index is -6.84. The van der Waals surface area contributed by atoms with Gasteiger partial charge in [-0.15, -0.1) is 29.7 Å². The Morgan fingerprint density at radius 3 is 1.82 bits per heavy atom. The Morgan fingerprint density at radius 1 is 0.552 bits per heavy atom. The molecule has 478 valence electrons. The summed E-state index contributed by atoms with van der Waals surface area (Å²) in [4.78, 5) is 4.68. The summed E-state index contributed by atoms with van der Waals surface area (Å²) in [7, 11) is -6.84. The minimum absolute atomic E-state index is 0. The van der Waals surface area contributed by atoms with E-state index in [1.807, 2.05) is 32.9 Å². The third-order valence-electron chi connectivity index (χ3n) is 16.9. The molecule has 0 amide bonds. The number of aryl methyl sites for hydroxylation is 1. The molecule has 0 N–H and O–H groups in total. The second kappa shape index (κ2) is 24.6. The van der Waals surface area contributed by atoms with Gasteiger partial charge in [-0.05, 0) is 147 Å². The first-order chi connectivity index (χ1) is 63.0. The Kier molecular flexibility index (Phi) is 8.11. The van der Waals surface area contributed by atoms with Crippen LogP contribution in [-0.4, -0.2) is 22.2 Å². The Labute approximate surface area is 641 Å². The van der Waals surface area contributed by atoms with Gasteiger partial charge in [0.25, 0.3) is 6.33 Å². The Balaban J connectivity index is 0.0000152. The van der Waals surface area contributed by atoms with Crippen molar-refractivity contribution in [2.24, 2.45) is 0 Å². The zero-order valence-corrected chi connectivity index (χ0v) is 55.3. The Hall–Kier alpha value is -9.45. The van der Waals surface area contributed by atoms with Gasteiger partial charge in [-0.25, -0.2) is 4.98 Å². The van der Waals surface area contributed by atoms with E-state index in [1.54, 1.807) is 53.1 Å². The van der Waals surface area contributed by atoms with Crippen LogP contribution in [0.2, 0.25) is 0 Å². The molecular weight excluding hydrogens is 1360 g/mol. The summed E-state index contributed by atoms with van der Waals surface area (Å²) in [5.74, 6) is -0.315. The number of nitrogens with zero attached hydrogens (tertiary/aromatic N) is 4. The smallest absolute Gasteiger partial charge is 0.268 e. The molecule has 11 aromatic carbocycles. The van der Waals surface area contributed by atoms with Crippen LogP contribution in [-0.2, 0) is 42.7 Å². The second-order valence-electron chi connectivity index (χ2n) is 25.0. The molecule has 1 aliphatic rings. The van der Waals surface area contributed by atoms with E-state index in [9.17, 15) is 42.5 Å². The van der Waals surface area contributed by atoms with Crippen LogP contribution in [0.25, 0.3) is 83.4 Å². The van der Waals surface area contributed by atoms with Crippen LogP contribution in [0.4, 0.5) is 0 Å². The molecule has 0 radical (unpaired) electrons. The maximum atomic E-state index is 11.0. The first-order valence-corrected chi connectivity index (χ1v) is 32.0. The molecule has 0 aliphatic heterocycles. The van der Waals surface area contributed by atoms with Crippen LogP contribution in [0.15, 0.2) is 260 Å². The number of hydrogen-bond acceptors (Lipinski definition) is 2. The van der Waals surface area contributed by atoms with Gasteiger partial charge in [-0.3, -0.25) is 4.57 Å². The van der Waals surface area contributed by atoms with E-state index < -0.39 is 276 Å². The maximum absolute atomic E-state index is 11.0. The topological polar surface area (TPSA) is 35.9 Å². The predicted octanol–water partition coefficient (Wildman–Crippen LogP) is 19.2. The molecule has 1 aliphatic carbocycles. The molecule has 3 aromatic heterocycles. The van der Waals surface area contributed by atoms with E-state index in [-0.39, 0.29) is 71.7 Å². The molecule has 0 spiro atoms. The Bertz CT molecular complexity index is 7190. The first-order valence-electron chi connectivity index (χ1n) is 51.0. The van der Waals surface area contributed by atoms with Crippen molar-refractivity contribution in [1.82, 2.24) is 14.1 Å². The molecule has 14 aromatic rings. The maximum Gasteiger partial charge on any atom is 0.268 e. The molecule has 0 unspecified atom stereocenters. The van der Waals surface area contributed by atoms with Crippen molar-refractivity contribution in [2.45, 2.75) is 110 Å². The standard InChI is InChI=1S/C89H80N4OSi.Pt/c1-60-51-84(90-58-76(60)62-27-16-12-17-28-62)93-79-38-25-24-37-73(79)74-46-45-69(57-81(74)93)94-68-30-26-29-67(56-68)91-59-92(80-48-42-63(53-82(80)91)61-39-43-65(44-40-61)86(2,3)4)85-75(64-41-47-77-78(52-64)89(10,11)50-49-88(77,8)9)54-66(87(5,6)7)55-83(85)95(70-31-18-13-19-32-70,71-33-20-14-21-34-71)72-35-22-15-23-36-72;/h12-48,51-55,58H,49-50H2,1-11H3;/q-2;/i1D3,8D3,9D3,10D3,11D3,12D,13D,14D,15D,16D,17D,18D,19D,20D,21D,22D,23D,27D,28D,31D,32D,33D,34D,35D,36D,41D,47D,49D2,50D2,52D;. The molecule has 0 fully saturated rings. The van der Waals surface area contributed by atoms with E-state index in [1.165, 1.54) is 67.8 Å². The van der Waals surface area contributed by atoms with Gasteiger partial charge in [0.15, 0.2) is 8.07 Å². The zero-order valence-electron chi connectivity index (χ0n) is 94.1. The molecule has 0 saturated heterocycles. The van der Waals surface area contributed by atoms with E-state index in [2.05, 4.69) is 23.4 Å². The third kappa shape index (κ3) is 11.3. The molecule has 7 heteroatoms. The molecule has 96 heavy (non-hydrogen) atoms. The van der Waals surface area contributed by atoms with Crippen molar-refractivity contribution in [3.05, 3.63) is 307 Å². The van der Waals surface area contributed by atoms with Gasteiger partial charge in [-0.2, -0.15) is 18.2 Å². The third-order valence-corrected chi connectivity index (χ3v) is 21.1.